The number of carbonyl (C=O) groups excluding carboxylic acids is 1. The minimum Gasteiger partial charge on any atom is -0.349 e. The van der Waals surface area contributed by atoms with Crippen molar-refractivity contribution < 1.29 is 4.79 Å². The molecule has 0 spiro atoms. The summed E-state index contributed by atoms with van der Waals surface area (Å²) in [5.74, 6) is 0.572. The Morgan fingerprint density at radius 1 is 1.24 bits per heavy atom. The molecule has 2 aromatic heterocycles. The van der Waals surface area contributed by atoms with Crippen LogP contribution >= 0.6 is 11.8 Å². The van der Waals surface area contributed by atoms with Crippen molar-refractivity contribution in [2.75, 3.05) is 6.26 Å². The normalized spacial score (nSPS) is 11.0. The maximum absolute atomic E-state index is 12.1. The number of nitrogens with one attached hydrogen (secondary N) is 3. The van der Waals surface area contributed by atoms with Gasteiger partial charge in [-0.25, -0.2) is 9.97 Å². The number of hydrogen-bond donors (Lipinski definition) is 3. The highest BCUT2D eigenvalue weighted by atomic mass is 32.2. The third-order valence-electron chi connectivity index (χ3n) is 3.89. The first-order chi connectivity index (χ1) is 12.1. The molecule has 0 saturated carbocycles. The van der Waals surface area contributed by atoms with Gasteiger partial charge in [0.25, 0.3) is 5.56 Å². The number of thioether (sulfide) groups is 1. The Kier molecular flexibility index (Phi) is 5.18. The molecule has 3 rings (SSSR count). The van der Waals surface area contributed by atoms with E-state index in [-0.39, 0.29) is 17.9 Å². The van der Waals surface area contributed by atoms with E-state index in [1.807, 2.05) is 30.5 Å². The molecule has 2 heterocycles. The molecule has 8 heteroatoms. The quantitative estimate of drug-likeness (QED) is 0.462. The van der Waals surface area contributed by atoms with Gasteiger partial charge in [0.1, 0.15) is 5.82 Å². The number of imidazole rings is 1. The van der Waals surface area contributed by atoms with Crippen LogP contribution in [0, 0.1) is 6.92 Å². The van der Waals surface area contributed by atoms with Gasteiger partial charge in [-0.1, -0.05) is 23.9 Å². The van der Waals surface area contributed by atoms with Gasteiger partial charge in [-0.15, -0.1) is 0 Å². The predicted molar refractivity (Wildman–Crippen MR) is 97.6 cm³/mol. The molecule has 0 unspecified atom stereocenters. The highest BCUT2D eigenvalue weighted by Gasteiger charge is 2.11. The fraction of sp³-hybridized carbons (Fsp3) is 0.294. The largest absolute Gasteiger partial charge is 0.349 e. The first-order valence-corrected chi connectivity index (χ1v) is 9.13. The van der Waals surface area contributed by atoms with Crippen molar-refractivity contribution >= 4 is 28.7 Å². The van der Waals surface area contributed by atoms with E-state index in [1.54, 1.807) is 6.92 Å². The Bertz CT molecular complexity index is 930. The van der Waals surface area contributed by atoms with E-state index in [9.17, 15) is 9.59 Å². The van der Waals surface area contributed by atoms with Crippen LogP contribution in [0.3, 0.4) is 0 Å². The van der Waals surface area contributed by atoms with E-state index in [0.29, 0.717) is 35.2 Å². The van der Waals surface area contributed by atoms with Crippen molar-refractivity contribution in [2.24, 2.45) is 0 Å². The average Bonchev–Trinajstić information content (AvgIpc) is 3.02. The number of fused-ring (bicyclic) bond motifs is 1. The summed E-state index contributed by atoms with van der Waals surface area (Å²) in [7, 11) is 0. The molecule has 1 amide bonds. The first kappa shape index (κ1) is 17.2. The van der Waals surface area contributed by atoms with Gasteiger partial charge in [0.2, 0.25) is 5.91 Å². The Morgan fingerprint density at radius 2 is 2.04 bits per heavy atom. The number of H-pyrrole nitrogens is 2. The van der Waals surface area contributed by atoms with Crippen LogP contribution in [0.1, 0.15) is 23.5 Å². The SMILES string of the molecule is CSc1nc(C)c(CCC(=O)NCc2nc3ccccc3[nH]2)c(=O)[nH]1. The number of benzene rings is 1. The zero-order valence-corrected chi connectivity index (χ0v) is 14.9. The average molecular weight is 357 g/mol. The molecule has 130 valence electrons. The lowest BCUT2D eigenvalue weighted by atomic mass is 10.1. The number of rotatable bonds is 6. The molecule has 0 saturated heterocycles. The van der Waals surface area contributed by atoms with Crippen LogP contribution in [-0.2, 0) is 17.8 Å². The summed E-state index contributed by atoms with van der Waals surface area (Å²) < 4.78 is 0. The number of aromatic amines is 2. The van der Waals surface area contributed by atoms with Gasteiger partial charge in [0.15, 0.2) is 5.16 Å². The molecule has 25 heavy (non-hydrogen) atoms. The third-order valence-corrected chi connectivity index (χ3v) is 4.47. The molecule has 0 fully saturated rings. The molecule has 0 aliphatic carbocycles. The van der Waals surface area contributed by atoms with Gasteiger partial charge in [-0.3, -0.25) is 9.59 Å². The van der Waals surface area contributed by atoms with Gasteiger partial charge < -0.3 is 15.3 Å². The third kappa shape index (κ3) is 4.08. The van der Waals surface area contributed by atoms with Gasteiger partial charge >= 0.3 is 0 Å². The van der Waals surface area contributed by atoms with E-state index in [1.165, 1.54) is 11.8 Å². The van der Waals surface area contributed by atoms with Crippen LogP contribution in [0.5, 0.6) is 0 Å². The molecular weight excluding hydrogens is 338 g/mol. The van der Waals surface area contributed by atoms with E-state index >= 15 is 0 Å². The van der Waals surface area contributed by atoms with E-state index in [2.05, 4.69) is 25.3 Å². The van der Waals surface area contributed by atoms with Crippen molar-refractivity contribution in [1.82, 2.24) is 25.3 Å². The fourth-order valence-corrected chi connectivity index (χ4v) is 3.00. The Morgan fingerprint density at radius 3 is 2.76 bits per heavy atom. The number of aromatic nitrogens is 4. The topological polar surface area (TPSA) is 104 Å². The highest BCUT2D eigenvalue weighted by Crippen LogP contribution is 2.11. The van der Waals surface area contributed by atoms with Crippen LogP contribution < -0.4 is 10.9 Å². The van der Waals surface area contributed by atoms with Crippen molar-refractivity contribution in [1.29, 1.82) is 0 Å². The molecule has 0 radical (unpaired) electrons. The Labute approximate surface area is 148 Å². The van der Waals surface area contributed by atoms with Crippen LogP contribution in [0.25, 0.3) is 11.0 Å². The summed E-state index contributed by atoms with van der Waals surface area (Å²) in [4.78, 5) is 38.7. The van der Waals surface area contributed by atoms with Gasteiger partial charge in [-0.2, -0.15) is 0 Å². The molecule has 0 aliphatic rings. The van der Waals surface area contributed by atoms with Crippen molar-refractivity contribution in [3.8, 4) is 0 Å². The van der Waals surface area contributed by atoms with Crippen molar-refractivity contribution in [3.05, 3.63) is 51.7 Å². The van der Waals surface area contributed by atoms with Crippen LogP contribution in [0.2, 0.25) is 0 Å². The minimum absolute atomic E-state index is 0.131. The van der Waals surface area contributed by atoms with Gasteiger partial charge in [0, 0.05) is 17.7 Å². The summed E-state index contributed by atoms with van der Waals surface area (Å²) in [6, 6.07) is 7.70. The molecule has 7 nitrogen and oxygen atoms in total. The predicted octanol–water partition coefficient (Wildman–Crippen LogP) is 1.93. The number of nitrogens with zero attached hydrogens (tertiary/aromatic N) is 2. The maximum atomic E-state index is 12.1. The lowest BCUT2D eigenvalue weighted by molar-refractivity contribution is -0.121. The van der Waals surface area contributed by atoms with Crippen molar-refractivity contribution in [2.45, 2.75) is 31.5 Å². The van der Waals surface area contributed by atoms with E-state index < -0.39 is 0 Å². The summed E-state index contributed by atoms with van der Waals surface area (Å²) in [5, 5.41) is 3.41. The molecule has 0 atom stereocenters. The molecule has 0 aliphatic heterocycles. The summed E-state index contributed by atoms with van der Waals surface area (Å²) in [5.41, 5.74) is 2.85. The first-order valence-electron chi connectivity index (χ1n) is 7.91. The smallest absolute Gasteiger partial charge is 0.254 e. The number of para-hydroxylation sites is 2. The molecule has 3 N–H and O–H groups in total. The second-order valence-corrected chi connectivity index (χ2v) is 6.41. The summed E-state index contributed by atoms with van der Waals surface area (Å²) in [6.45, 7) is 2.11. The van der Waals surface area contributed by atoms with E-state index in [4.69, 9.17) is 0 Å². The number of amides is 1. The van der Waals surface area contributed by atoms with E-state index in [0.717, 1.165) is 11.0 Å². The minimum atomic E-state index is -0.179. The van der Waals surface area contributed by atoms with Crippen LogP contribution in [0.15, 0.2) is 34.2 Å². The molecule has 0 bridgehead atoms. The van der Waals surface area contributed by atoms with Gasteiger partial charge in [0.05, 0.1) is 17.6 Å². The molecular formula is C17H19N5O2S. The molecule has 1 aromatic carbocycles. The van der Waals surface area contributed by atoms with Crippen LogP contribution in [-0.4, -0.2) is 32.1 Å². The summed E-state index contributed by atoms with van der Waals surface area (Å²) in [6.07, 6.45) is 2.43. The fourth-order valence-electron chi connectivity index (χ4n) is 2.57. The zero-order valence-electron chi connectivity index (χ0n) is 14.0. The second kappa shape index (κ2) is 7.52. The number of hydrogen-bond acceptors (Lipinski definition) is 5. The maximum Gasteiger partial charge on any atom is 0.254 e. The lowest BCUT2D eigenvalue weighted by Crippen LogP contribution is -2.25. The van der Waals surface area contributed by atoms with Gasteiger partial charge in [-0.05, 0) is 31.7 Å². The standard InChI is InChI=1S/C17H19N5O2S/c1-10-11(16(24)22-17(19-10)25-2)7-8-15(23)18-9-14-20-12-5-3-4-6-13(12)21-14/h3-6H,7-9H2,1-2H3,(H,18,23)(H,20,21)(H,19,22,24). The number of aryl methyl sites for hydroxylation is 1. The second-order valence-electron chi connectivity index (χ2n) is 5.62. The lowest BCUT2D eigenvalue weighted by Gasteiger charge is -2.06. The Hall–Kier alpha value is -2.61. The highest BCUT2D eigenvalue weighted by molar-refractivity contribution is 7.98. The Balaban J connectivity index is 1.57. The number of carbonyl (C=O) groups is 1. The molecule has 3 aromatic rings. The van der Waals surface area contributed by atoms with Crippen LogP contribution in [0.4, 0.5) is 0 Å². The summed E-state index contributed by atoms with van der Waals surface area (Å²) >= 11 is 1.38. The van der Waals surface area contributed by atoms with Crippen molar-refractivity contribution in [3.63, 3.8) is 0 Å². The zero-order chi connectivity index (χ0) is 17.8. The monoisotopic (exact) mass is 357 g/mol.